The molecule has 0 aromatic carbocycles. The van der Waals surface area contributed by atoms with E-state index in [1.807, 2.05) is 6.92 Å². The van der Waals surface area contributed by atoms with E-state index in [0.717, 1.165) is 38.5 Å². The largest absolute Gasteiger partial charge is 0.502 e. The van der Waals surface area contributed by atoms with Gasteiger partial charge in [0.15, 0.2) is 36.8 Å². The predicted octanol–water partition coefficient (Wildman–Crippen LogP) is 0.899. The molecule has 12 N–H and O–H groups in total. The molecule has 4 saturated carbocycles. The Kier molecular flexibility index (Phi) is 15.8. The molecule has 0 unspecified atom stereocenters. The molecular formula is C54H82O23. The molecule has 3 saturated heterocycles. The van der Waals surface area contributed by atoms with Crippen molar-refractivity contribution in [2.24, 2.45) is 50.2 Å². The highest BCUT2D eigenvalue weighted by atomic mass is 16.8. The van der Waals surface area contributed by atoms with Crippen LogP contribution in [0.4, 0.5) is 0 Å². The Morgan fingerprint density at radius 1 is 0.649 bits per heavy atom. The first kappa shape index (κ1) is 58.7. The van der Waals surface area contributed by atoms with Crippen molar-refractivity contribution in [3.8, 4) is 0 Å². The van der Waals surface area contributed by atoms with E-state index in [0.29, 0.717) is 19.3 Å². The van der Waals surface area contributed by atoms with Crippen LogP contribution in [-0.2, 0) is 52.3 Å². The van der Waals surface area contributed by atoms with Gasteiger partial charge >= 0.3 is 11.9 Å². The maximum absolute atomic E-state index is 12.7. The highest BCUT2D eigenvalue weighted by Crippen LogP contribution is 2.76. The highest BCUT2D eigenvalue weighted by molar-refractivity contribution is 5.94. The van der Waals surface area contributed by atoms with Crippen LogP contribution in [0.3, 0.4) is 0 Å². The van der Waals surface area contributed by atoms with Crippen molar-refractivity contribution in [1.29, 1.82) is 0 Å². The monoisotopic (exact) mass is 1100 g/mol. The van der Waals surface area contributed by atoms with Gasteiger partial charge < -0.3 is 99.2 Å². The number of aliphatic hydroxyl groups is 10. The smallest absolute Gasteiger partial charge is 0.335 e. The number of ketones is 1. The second kappa shape index (κ2) is 20.8. The summed E-state index contributed by atoms with van der Waals surface area (Å²) >= 11 is 0. The van der Waals surface area contributed by atoms with Crippen LogP contribution in [0.2, 0.25) is 0 Å². The average molecular weight is 1100 g/mol. The van der Waals surface area contributed by atoms with E-state index in [9.17, 15) is 75.7 Å². The minimum absolute atomic E-state index is 0.0659. The van der Waals surface area contributed by atoms with Gasteiger partial charge in [0.2, 0.25) is 12.1 Å². The van der Waals surface area contributed by atoms with E-state index in [1.165, 1.54) is 5.57 Å². The number of hydrogen-bond acceptors (Lipinski definition) is 21. The van der Waals surface area contributed by atoms with Crippen molar-refractivity contribution in [2.75, 3.05) is 13.2 Å². The lowest BCUT2D eigenvalue weighted by Gasteiger charge is -2.72. The number of hydrogen-bond donors (Lipinski definition) is 12. The van der Waals surface area contributed by atoms with Crippen LogP contribution in [0, 0.1) is 50.2 Å². The number of carboxylic acids is 2. The minimum Gasteiger partial charge on any atom is -0.502 e. The van der Waals surface area contributed by atoms with E-state index in [2.05, 4.69) is 47.6 Å². The lowest BCUT2D eigenvalue weighted by atomic mass is 9.33. The SMILES string of the molecule is CC1=C(O)C(=O)C[C@@H](O[C@@H]2CC(C)(C)C[C@H]3C4=CC[C@@H]5[C@@]6(C)CC[C@H](O[C@@H]7O[C@H](C(=O)O)[C@@H](O)[C@H](O)[C@H]7O[C@@H]7O[C@H](C(=O)O)[C@@H](O)[C@H](O)[C@H]7O[C@@H]7O[C@H](CO)[C@@H](O)[C@H](O)[C@H]7O)[C@](C)(CO)[C@@H]6CC[C@@]5(C)[C@]4(C)CC[C@@]23C)O1. The molecule has 7 fully saturated rings. The normalized spacial score (nSPS) is 51.7. The van der Waals surface area contributed by atoms with E-state index in [4.69, 9.17) is 37.9 Å². The zero-order valence-corrected chi connectivity index (χ0v) is 45.0. The molecule has 4 heterocycles. The molecule has 0 spiro atoms. The number of carboxylic acid groups (broad SMARTS) is 2. The van der Waals surface area contributed by atoms with Gasteiger partial charge in [-0.15, -0.1) is 0 Å². The third kappa shape index (κ3) is 9.50. The number of ether oxygens (including phenoxy) is 8. The standard InChI is InChI=1S/C54H82O23/c1-22-32(58)25(57)17-31(70-22)72-30-19-49(2,3)18-24-23-9-10-28-51(5)13-12-29(52(6,21-56)27(51)11-14-54(28,8)53(23,7)16-15-50(24,30)4)73-47-42(37(63)35(61)40(74-47)44(66)67)77-48-43(38(64)36(62)41(75-48)45(68)69)76-46-39(65)34(60)33(59)26(20-55)71-46/h9,24,26-31,33-43,46-48,55-56,58-65H,10-21H2,1-8H3,(H,66,67)(H,68,69)/t24-,26+,27+,28+,29-,30+,31+,33+,34-,35-,36-,37-,38-,39+,40-,41-,42+,43+,46-,47+,48-,50+,51-,52+,53+,54+/m0/s1. The molecule has 9 aliphatic rings. The number of aliphatic carboxylic acids is 2. The van der Waals surface area contributed by atoms with E-state index < -0.39 is 141 Å². The Hall–Kier alpha value is -2.95. The van der Waals surface area contributed by atoms with E-state index in [-0.39, 0.29) is 68.9 Å². The number of allylic oxidation sites excluding steroid dienone is 4. The van der Waals surface area contributed by atoms with Gasteiger partial charge in [-0.3, -0.25) is 4.79 Å². The lowest BCUT2D eigenvalue weighted by molar-refractivity contribution is -0.394. The predicted molar refractivity (Wildman–Crippen MR) is 261 cm³/mol. The summed E-state index contributed by atoms with van der Waals surface area (Å²) in [5.74, 6) is -3.96. The summed E-state index contributed by atoms with van der Waals surface area (Å²) in [6, 6.07) is 0. The van der Waals surface area contributed by atoms with Gasteiger partial charge in [-0.1, -0.05) is 60.1 Å². The molecule has 26 atom stereocenters. The molecule has 23 nitrogen and oxygen atoms in total. The summed E-state index contributed by atoms with van der Waals surface area (Å²) in [6.45, 7) is 16.2. The van der Waals surface area contributed by atoms with Gasteiger partial charge in [0.1, 0.15) is 66.8 Å². The lowest BCUT2D eigenvalue weighted by Crippen LogP contribution is -2.68. The molecule has 23 heteroatoms. The first-order chi connectivity index (χ1) is 35.9. The molecule has 0 aromatic rings. The Morgan fingerprint density at radius 3 is 1.82 bits per heavy atom. The van der Waals surface area contributed by atoms with Gasteiger partial charge in [-0.05, 0) is 104 Å². The molecule has 77 heavy (non-hydrogen) atoms. The summed E-state index contributed by atoms with van der Waals surface area (Å²) in [5.41, 5.74) is -0.811. The van der Waals surface area contributed by atoms with Gasteiger partial charge in [0.25, 0.3) is 0 Å². The summed E-state index contributed by atoms with van der Waals surface area (Å²) < 4.78 is 48.3. The van der Waals surface area contributed by atoms with Crippen molar-refractivity contribution < 1.29 is 114 Å². The summed E-state index contributed by atoms with van der Waals surface area (Å²) in [4.78, 5) is 37.6. The molecule has 5 aliphatic carbocycles. The van der Waals surface area contributed by atoms with Crippen molar-refractivity contribution in [2.45, 2.75) is 230 Å². The van der Waals surface area contributed by atoms with Crippen molar-refractivity contribution in [1.82, 2.24) is 0 Å². The number of Topliss-reactive ketones (excluding diaryl/α,β-unsaturated/α-hetero) is 1. The first-order valence-corrected chi connectivity index (χ1v) is 27.2. The fourth-order valence-corrected chi connectivity index (χ4v) is 16.3. The van der Waals surface area contributed by atoms with Crippen molar-refractivity contribution in [3.05, 3.63) is 23.2 Å². The number of carbonyl (C=O) groups is 3. The Bertz CT molecular complexity index is 2310. The molecule has 9 rings (SSSR count). The molecule has 0 radical (unpaired) electrons. The Balaban J connectivity index is 0.986. The first-order valence-electron chi connectivity index (χ1n) is 27.2. The third-order valence-electron chi connectivity index (χ3n) is 21.0. The van der Waals surface area contributed by atoms with Gasteiger partial charge in [-0.25, -0.2) is 9.59 Å². The molecule has 436 valence electrons. The summed E-state index contributed by atoms with van der Waals surface area (Å²) in [5, 5.41) is 129. The van der Waals surface area contributed by atoms with Crippen LogP contribution in [0.15, 0.2) is 23.2 Å². The quantitative estimate of drug-likeness (QED) is 0.0954. The highest BCUT2D eigenvalue weighted by Gasteiger charge is 2.70. The molecule has 4 aliphatic heterocycles. The fraction of sp³-hybridized carbons (Fsp3) is 0.870. The second-order valence-electron chi connectivity index (χ2n) is 25.8. The van der Waals surface area contributed by atoms with Crippen molar-refractivity contribution >= 4 is 17.7 Å². The molecule has 0 bridgehead atoms. The van der Waals surface area contributed by atoms with Crippen molar-refractivity contribution in [3.63, 3.8) is 0 Å². The van der Waals surface area contributed by atoms with Crippen LogP contribution < -0.4 is 0 Å². The van der Waals surface area contributed by atoms with E-state index in [1.54, 1.807) is 6.92 Å². The van der Waals surface area contributed by atoms with Gasteiger partial charge in [-0.2, -0.15) is 0 Å². The number of rotatable bonds is 12. The molecule has 0 aromatic heterocycles. The maximum Gasteiger partial charge on any atom is 0.335 e. The average Bonchev–Trinajstić information content (AvgIpc) is 3.36. The van der Waals surface area contributed by atoms with E-state index >= 15 is 0 Å². The minimum atomic E-state index is -2.23. The fourth-order valence-electron chi connectivity index (χ4n) is 16.3. The maximum atomic E-state index is 12.7. The van der Waals surface area contributed by atoms with Crippen LogP contribution in [0.5, 0.6) is 0 Å². The Morgan fingerprint density at radius 2 is 1.25 bits per heavy atom. The van der Waals surface area contributed by atoms with Crippen LogP contribution in [-0.4, -0.2) is 203 Å². The van der Waals surface area contributed by atoms with Crippen LogP contribution in [0.1, 0.15) is 120 Å². The van der Waals surface area contributed by atoms with Gasteiger partial charge in [0, 0.05) is 10.8 Å². The number of fused-ring (bicyclic) bond motifs is 7. The number of carbonyl (C=O) groups excluding carboxylic acids is 1. The Labute approximate surface area is 447 Å². The summed E-state index contributed by atoms with van der Waals surface area (Å²) in [6.07, 6.45) is -23.5. The van der Waals surface area contributed by atoms with Crippen LogP contribution >= 0.6 is 0 Å². The van der Waals surface area contributed by atoms with Crippen LogP contribution in [0.25, 0.3) is 0 Å². The zero-order valence-electron chi connectivity index (χ0n) is 45.0. The number of aliphatic hydroxyl groups excluding tert-OH is 10. The zero-order chi connectivity index (χ0) is 56.4. The third-order valence-corrected chi connectivity index (χ3v) is 21.0. The second-order valence-corrected chi connectivity index (χ2v) is 25.8. The molecular weight excluding hydrogens is 1020 g/mol. The van der Waals surface area contributed by atoms with Gasteiger partial charge in [0.05, 0.1) is 31.8 Å². The topological polar surface area (TPSA) is 368 Å². The molecule has 0 amide bonds. The summed E-state index contributed by atoms with van der Waals surface area (Å²) in [7, 11) is 0.